The first-order valence-electron chi connectivity index (χ1n) is 8.89. The number of nitrogens with one attached hydrogen (secondary N) is 1. The second-order valence-corrected chi connectivity index (χ2v) is 7.31. The van der Waals surface area contributed by atoms with E-state index in [2.05, 4.69) is 15.3 Å². The lowest BCUT2D eigenvalue weighted by atomic mass is 10.2. The highest BCUT2D eigenvalue weighted by Crippen LogP contribution is 2.22. The Morgan fingerprint density at radius 2 is 1.89 bits per heavy atom. The van der Waals surface area contributed by atoms with Gasteiger partial charge in [-0.15, -0.1) is 11.3 Å². The van der Waals surface area contributed by atoms with Crippen LogP contribution in [0, 0.1) is 0 Å². The first-order valence-corrected chi connectivity index (χ1v) is 9.71. The molecule has 0 aliphatic heterocycles. The highest BCUT2D eigenvalue weighted by molar-refractivity contribution is 7.18. The highest BCUT2D eigenvalue weighted by atomic mass is 32.1. The van der Waals surface area contributed by atoms with Crippen molar-refractivity contribution in [1.82, 2.24) is 15.3 Å². The summed E-state index contributed by atoms with van der Waals surface area (Å²) < 4.78 is 6.90. The second-order valence-electron chi connectivity index (χ2n) is 6.19. The van der Waals surface area contributed by atoms with Crippen molar-refractivity contribution in [3.8, 4) is 11.3 Å². The van der Waals surface area contributed by atoms with E-state index in [0.29, 0.717) is 31.7 Å². The molecule has 2 heterocycles. The van der Waals surface area contributed by atoms with Crippen LogP contribution < -0.4 is 5.32 Å². The normalized spacial score (nSPS) is 11.0. The number of thiazole rings is 1. The lowest BCUT2D eigenvalue weighted by Crippen LogP contribution is -2.22. The molecular formula is C21H19N3O2S. The van der Waals surface area contributed by atoms with Crippen molar-refractivity contribution in [2.75, 3.05) is 0 Å². The molecule has 2 aromatic heterocycles. The number of aryl methyl sites for hydroxylation is 1. The molecule has 136 valence electrons. The zero-order valence-electron chi connectivity index (χ0n) is 14.7. The molecule has 0 spiro atoms. The van der Waals surface area contributed by atoms with Gasteiger partial charge in [-0.25, -0.2) is 9.97 Å². The number of rotatable bonds is 7. The molecule has 0 aliphatic rings. The van der Waals surface area contributed by atoms with E-state index in [0.717, 1.165) is 26.5 Å². The van der Waals surface area contributed by atoms with Crippen molar-refractivity contribution in [3.05, 3.63) is 71.7 Å². The molecule has 6 heteroatoms. The van der Waals surface area contributed by atoms with E-state index in [1.54, 1.807) is 17.5 Å². The first-order chi connectivity index (χ1) is 13.3. The van der Waals surface area contributed by atoms with Crippen LogP contribution >= 0.6 is 11.3 Å². The number of carbonyl (C=O) groups excluding carboxylic acids is 1. The molecule has 1 N–H and O–H groups in total. The molecule has 0 fully saturated rings. The van der Waals surface area contributed by atoms with Crippen molar-refractivity contribution in [1.29, 1.82) is 0 Å². The van der Waals surface area contributed by atoms with Gasteiger partial charge in [-0.05, 0) is 18.6 Å². The van der Waals surface area contributed by atoms with Gasteiger partial charge in [0.1, 0.15) is 5.01 Å². The van der Waals surface area contributed by atoms with Crippen LogP contribution in [-0.4, -0.2) is 15.9 Å². The molecule has 0 bridgehead atoms. The lowest BCUT2D eigenvalue weighted by Gasteiger charge is -2.02. The average Bonchev–Trinajstić information content (AvgIpc) is 3.34. The monoisotopic (exact) mass is 377 g/mol. The van der Waals surface area contributed by atoms with E-state index in [1.807, 2.05) is 54.6 Å². The predicted molar refractivity (Wildman–Crippen MR) is 106 cm³/mol. The fourth-order valence-electron chi connectivity index (χ4n) is 2.82. The van der Waals surface area contributed by atoms with Gasteiger partial charge in [0.15, 0.2) is 11.7 Å². The minimum Gasteiger partial charge on any atom is -0.441 e. The van der Waals surface area contributed by atoms with Gasteiger partial charge in [-0.3, -0.25) is 4.79 Å². The third-order valence-corrected chi connectivity index (χ3v) is 5.22. The zero-order valence-corrected chi connectivity index (χ0v) is 15.5. The molecule has 1 amide bonds. The van der Waals surface area contributed by atoms with Crippen molar-refractivity contribution in [2.45, 2.75) is 25.8 Å². The summed E-state index contributed by atoms with van der Waals surface area (Å²) in [6.45, 7) is 0.468. The molecule has 0 aliphatic carbocycles. The van der Waals surface area contributed by atoms with Crippen LogP contribution in [0.4, 0.5) is 0 Å². The molecule has 0 radical (unpaired) electrons. The van der Waals surface area contributed by atoms with Crippen molar-refractivity contribution < 1.29 is 9.21 Å². The molecule has 27 heavy (non-hydrogen) atoms. The molecule has 0 saturated heterocycles. The Balaban J connectivity index is 1.23. The number of nitrogens with zero attached hydrogens (tertiary/aromatic N) is 2. The van der Waals surface area contributed by atoms with Gasteiger partial charge < -0.3 is 9.73 Å². The highest BCUT2D eigenvalue weighted by Gasteiger charge is 2.09. The van der Waals surface area contributed by atoms with Gasteiger partial charge in [0.05, 0.1) is 23.0 Å². The number of aromatic nitrogens is 2. The molecule has 4 aromatic rings. The maximum atomic E-state index is 12.1. The molecule has 2 aromatic carbocycles. The first kappa shape index (κ1) is 17.4. The Bertz CT molecular complexity index is 1010. The van der Waals surface area contributed by atoms with Crippen LogP contribution in [0.15, 0.2) is 65.2 Å². The third-order valence-electron chi connectivity index (χ3n) is 4.18. The van der Waals surface area contributed by atoms with Crippen LogP contribution in [0.1, 0.15) is 23.7 Å². The lowest BCUT2D eigenvalue weighted by molar-refractivity contribution is -0.121. The van der Waals surface area contributed by atoms with Gasteiger partial charge in [-0.1, -0.05) is 42.5 Å². The maximum absolute atomic E-state index is 12.1. The van der Waals surface area contributed by atoms with E-state index in [9.17, 15) is 4.79 Å². The largest absolute Gasteiger partial charge is 0.441 e. The van der Waals surface area contributed by atoms with E-state index < -0.39 is 0 Å². The predicted octanol–water partition coefficient (Wildman–Crippen LogP) is 4.59. The van der Waals surface area contributed by atoms with Crippen molar-refractivity contribution in [2.24, 2.45) is 0 Å². The summed E-state index contributed by atoms with van der Waals surface area (Å²) in [6.07, 6.45) is 3.51. The van der Waals surface area contributed by atoms with Crippen LogP contribution in [0.3, 0.4) is 0 Å². The van der Waals surface area contributed by atoms with E-state index in [1.165, 1.54) is 0 Å². The SMILES string of the molecule is O=C(CCCc1ncc(-c2ccccc2)o1)NCc1nc2ccccc2s1. The summed E-state index contributed by atoms with van der Waals surface area (Å²) in [5.41, 5.74) is 1.98. The fourth-order valence-corrected chi connectivity index (χ4v) is 3.73. The number of hydrogen-bond donors (Lipinski definition) is 1. The van der Waals surface area contributed by atoms with E-state index >= 15 is 0 Å². The van der Waals surface area contributed by atoms with Gasteiger partial charge in [0, 0.05) is 18.4 Å². The van der Waals surface area contributed by atoms with Crippen LogP contribution in [0.5, 0.6) is 0 Å². The number of para-hydroxylation sites is 1. The minimum atomic E-state index is 0.0177. The Morgan fingerprint density at radius 1 is 1.07 bits per heavy atom. The Morgan fingerprint density at radius 3 is 2.74 bits per heavy atom. The van der Waals surface area contributed by atoms with Crippen LogP contribution in [0.25, 0.3) is 21.5 Å². The number of fused-ring (bicyclic) bond motifs is 1. The van der Waals surface area contributed by atoms with Gasteiger partial charge in [0.2, 0.25) is 5.91 Å². The fraction of sp³-hybridized carbons (Fsp3) is 0.190. The smallest absolute Gasteiger partial charge is 0.220 e. The number of hydrogen-bond acceptors (Lipinski definition) is 5. The van der Waals surface area contributed by atoms with Gasteiger partial charge in [0.25, 0.3) is 0 Å². The molecular weight excluding hydrogens is 358 g/mol. The standard InChI is InChI=1S/C21H19N3O2S/c25-19(22-14-21-24-16-9-4-5-10-18(16)27-21)11-6-12-20-23-13-17(26-20)15-7-2-1-3-8-15/h1-5,7-10,13H,6,11-12,14H2,(H,22,25). The molecule has 4 rings (SSSR count). The Labute approximate surface area is 161 Å². The minimum absolute atomic E-state index is 0.0177. The summed E-state index contributed by atoms with van der Waals surface area (Å²) in [7, 11) is 0. The third kappa shape index (κ3) is 4.41. The van der Waals surface area contributed by atoms with Gasteiger partial charge in [-0.2, -0.15) is 0 Å². The topological polar surface area (TPSA) is 68.0 Å². The summed E-state index contributed by atoms with van der Waals surface area (Å²) in [6, 6.07) is 17.9. The summed E-state index contributed by atoms with van der Waals surface area (Å²) in [5, 5.41) is 3.86. The zero-order chi connectivity index (χ0) is 18.5. The van der Waals surface area contributed by atoms with E-state index in [4.69, 9.17) is 4.42 Å². The van der Waals surface area contributed by atoms with Gasteiger partial charge >= 0.3 is 0 Å². The number of amides is 1. The number of carbonyl (C=O) groups is 1. The summed E-state index contributed by atoms with van der Waals surface area (Å²) >= 11 is 1.61. The van der Waals surface area contributed by atoms with Crippen LogP contribution in [-0.2, 0) is 17.8 Å². The van der Waals surface area contributed by atoms with Crippen molar-refractivity contribution in [3.63, 3.8) is 0 Å². The number of benzene rings is 2. The van der Waals surface area contributed by atoms with Crippen molar-refractivity contribution >= 4 is 27.5 Å². The number of oxazole rings is 1. The van der Waals surface area contributed by atoms with E-state index in [-0.39, 0.29) is 5.91 Å². The molecule has 0 saturated carbocycles. The second kappa shape index (κ2) is 8.14. The quantitative estimate of drug-likeness (QED) is 0.511. The molecule has 0 unspecified atom stereocenters. The maximum Gasteiger partial charge on any atom is 0.220 e. The summed E-state index contributed by atoms with van der Waals surface area (Å²) in [5.74, 6) is 1.43. The molecule has 0 atom stereocenters. The Hall–Kier alpha value is -2.99. The summed E-state index contributed by atoms with van der Waals surface area (Å²) in [4.78, 5) is 20.9. The Kier molecular flexibility index (Phi) is 5.25. The average molecular weight is 377 g/mol. The van der Waals surface area contributed by atoms with Crippen LogP contribution in [0.2, 0.25) is 0 Å². The molecule has 5 nitrogen and oxygen atoms in total.